The number of anilines is 1. The summed E-state index contributed by atoms with van der Waals surface area (Å²) in [4.78, 5) is 1.98. The van der Waals surface area contributed by atoms with Crippen LogP contribution in [0, 0.1) is 11.3 Å². The highest BCUT2D eigenvalue weighted by molar-refractivity contribution is 5.66. The van der Waals surface area contributed by atoms with Crippen LogP contribution in [-0.4, -0.2) is 25.3 Å². The molecule has 3 aromatic rings. The van der Waals surface area contributed by atoms with E-state index in [4.69, 9.17) is 14.3 Å². The first-order valence-corrected chi connectivity index (χ1v) is 9.78. The molecule has 0 saturated heterocycles. The van der Waals surface area contributed by atoms with Gasteiger partial charge in [-0.05, 0) is 60.5 Å². The van der Waals surface area contributed by atoms with E-state index in [1.54, 1.807) is 6.08 Å². The second kappa shape index (κ2) is 8.73. The van der Waals surface area contributed by atoms with Crippen molar-refractivity contribution >= 4 is 11.8 Å². The molecule has 5 nitrogen and oxygen atoms in total. The highest BCUT2D eigenvalue weighted by Crippen LogP contribution is 2.30. The van der Waals surface area contributed by atoms with Gasteiger partial charge in [-0.1, -0.05) is 18.2 Å². The molecular formula is C25H22N2O3. The number of hydrogen-bond donors (Lipinski definition) is 1. The number of para-hydroxylation sites is 1. The molecule has 1 aromatic heterocycles. The summed E-state index contributed by atoms with van der Waals surface area (Å²) in [6.07, 6.45) is 4.35. The Labute approximate surface area is 175 Å². The minimum absolute atomic E-state index is 0.110. The predicted octanol–water partition coefficient (Wildman–Crippen LogP) is 4.80. The molecular weight excluding hydrogens is 376 g/mol. The van der Waals surface area contributed by atoms with Gasteiger partial charge in [0.1, 0.15) is 29.1 Å². The van der Waals surface area contributed by atoms with Crippen molar-refractivity contribution in [2.75, 3.05) is 25.1 Å². The molecule has 5 heteroatoms. The maximum absolute atomic E-state index is 9.63. The van der Waals surface area contributed by atoms with Crippen LogP contribution in [0.2, 0.25) is 0 Å². The average molecular weight is 398 g/mol. The van der Waals surface area contributed by atoms with Gasteiger partial charge in [0.05, 0.1) is 12.2 Å². The topological polar surface area (TPSA) is 69.6 Å². The molecule has 0 radical (unpaired) electrons. The van der Waals surface area contributed by atoms with Crippen molar-refractivity contribution in [3.63, 3.8) is 0 Å². The van der Waals surface area contributed by atoms with Crippen LogP contribution in [0.3, 0.4) is 0 Å². The first-order valence-electron chi connectivity index (χ1n) is 9.78. The van der Waals surface area contributed by atoms with Gasteiger partial charge in [-0.25, -0.2) is 0 Å². The van der Waals surface area contributed by atoms with Crippen LogP contribution in [0.1, 0.15) is 11.3 Å². The van der Waals surface area contributed by atoms with Crippen LogP contribution in [0.5, 0.6) is 5.75 Å². The van der Waals surface area contributed by atoms with E-state index in [9.17, 15) is 5.26 Å². The van der Waals surface area contributed by atoms with Gasteiger partial charge >= 0.3 is 0 Å². The van der Waals surface area contributed by atoms with E-state index in [-0.39, 0.29) is 6.61 Å². The maximum Gasteiger partial charge on any atom is 0.141 e. The molecule has 150 valence electrons. The maximum atomic E-state index is 9.63. The summed E-state index contributed by atoms with van der Waals surface area (Å²) < 4.78 is 11.9. The van der Waals surface area contributed by atoms with Crippen LogP contribution >= 0.6 is 0 Å². The third-order valence-electron chi connectivity index (χ3n) is 5.03. The Morgan fingerprint density at radius 3 is 2.70 bits per heavy atom. The number of likely N-dealkylation sites (N-methyl/N-ethyl adjacent to an activating group) is 1. The van der Waals surface area contributed by atoms with Gasteiger partial charge < -0.3 is 19.2 Å². The van der Waals surface area contributed by atoms with E-state index in [2.05, 4.69) is 6.07 Å². The van der Waals surface area contributed by atoms with Crippen molar-refractivity contribution in [2.24, 2.45) is 0 Å². The Balaban J connectivity index is 1.53. The standard InChI is InChI=1S/C25H22N2O3/c1-27(14-15-28)21-9-6-19(7-10-21)24-13-11-22(29-24)16-20(17-26)25-12-8-18-4-2-3-5-23(18)30-25/h2-7,9-13,16,28H,8,14-15H2,1H3/b20-16+. The molecule has 30 heavy (non-hydrogen) atoms. The number of allylic oxidation sites excluding steroid dienone is 2. The number of ether oxygens (including phenoxy) is 1. The van der Waals surface area contributed by atoms with Crippen LogP contribution in [0.25, 0.3) is 17.4 Å². The number of hydrogen-bond acceptors (Lipinski definition) is 5. The van der Waals surface area contributed by atoms with Gasteiger partial charge in [-0.15, -0.1) is 0 Å². The average Bonchev–Trinajstić information content (AvgIpc) is 3.26. The van der Waals surface area contributed by atoms with Gasteiger partial charge in [0.25, 0.3) is 0 Å². The van der Waals surface area contributed by atoms with Crippen LogP contribution in [-0.2, 0) is 6.42 Å². The summed E-state index contributed by atoms with van der Waals surface area (Å²) >= 11 is 0. The molecule has 2 aromatic carbocycles. The number of aliphatic hydroxyl groups excluding tert-OH is 1. The molecule has 0 spiro atoms. The Hall–Kier alpha value is -3.75. The fraction of sp³-hybridized carbons (Fsp3) is 0.160. The van der Waals surface area contributed by atoms with E-state index in [0.717, 1.165) is 34.7 Å². The second-order valence-corrected chi connectivity index (χ2v) is 7.05. The lowest BCUT2D eigenvalue weighted by atomic mass is 10.1. The van der Waals surface area contributed by atoms with Gasteiger partial charge in [0.15, 0.2) is 0 Å². The highest BCUT2D eigenvalue weighted by Gasteiger charge is 2.16. The first-order chi connectivity index (χ1) is 14.7. The third-order valence-corrected chi connectivity index (χ3v) is 5.03. The summed E-state index contributed by atoms with van der Waals surface area (Å²) in [6.45, 7) is 0.688. The lowest BCUT2D eigenvalue weighted by molar-refractivity contribution is 0.304. The summed E-state index contributed by atoms with van der Waals surface area (Å²) in [5, 5.41) is 18.7. The van der Waals surface area contributed by atoms with E-state index >= 15 is 0 Å². The van der Waals surface area contributed by atoms with Crippen molar-refractivity contribution in [2.45, 2.75) is 6.42 Å². The van der Waals surface area contributed by atoms with Crippen molar-refractivity contribution in [1.82, 2.24) is 0 Å². The zero-order valence-electron chi connectivity index (χ0n) is 16.7. The summed E-state index contributed by atoms with van der Waals surface area (Å²) in [5.74, 6) is 2.64. The molecule has 0 bridgehead atoms. The Morgan fingerprint density at radius 1 is 1.13 bits per heavy atom. The van der Waals surface area contributed by atoms with E-state index < -0.39 is 0 Å². The van der Waals surface area contributed by atoms with Crippen LogP contribution < -0.4 is 9.64 Å². The number of rotatable bonds is 6. The molecule has 4 rings (SSSR count). The van der Waals surface area contributed by atoms with Gasteiger partial charge in [0, 0.05) is 30.9 Å². The summed E-state index contributed by atoms with van der Waals surface area (Å²) in [5.41, 5.74) is 3.49. The van der Waals surface area contributed by atoms with Crippen molar-refractivity contribution in [3.8, 4) is 23.1 Å². The predicted molar refractivity (Wildman–Crippen MR) is 117 cm³/mol. The normalized spacial score (nSPS) is 13.1. The Bertz CT molecular complexity index is 1130. The van der Waals surface area contributed by atoms with Crippen molar-refractivity contribution in [3.05, 3.63) is 89.4 Å². The van der Waals surface area contributed by atoms with Crippen molar-refractivity contribution in [1.29, 1.82) is 5.26 Å². The summed E-state index contributed by atoms with van der Waals surface area (Å²) in [6, 6.07) is 21.7. The van der Waals surface area contributed by atoms with Gasteiger partial charge in [0.2, 0.25) is 0 Å². The van der Waals surface area contributed by atoms with Crippen molar-refractivity contribution < 1.29 is 14.3 Å². The molecule has 1 aliphatic rings. The number of fused-ring (bicyclic) bond motifs is 1. The second-order valence-electron chi connectivity index (χ2n) is 7.05. The first kappa shape index (κ1) is 19.6. The van der Waals surface area contributed by atoms with Gasteiger partial charge in [-0.3, -0.25) is 0 Å². The zero-order chi connectivity index (χ0) is 20.9. The Kier molecular flexibility index (Phi) is 5.69. The minimum atomic E-state index is 0.110. The lowest BCUT2D eigenvalue weighted by Crippen LogP contribution is -2.20. The SMILES string of the molecule is CN(CCO)c1ccc(-c2ccc(/C=C(\C#N)C3=CCc4ccccc4O3)o2)cc1. The molecule has 0 fully saturated rings. The quantitative estimate of drug-likeness (QED) is 0.604. The fourth-order valence-corrected chi connectivity index (χ4v) is 3.35. The molecule has 1 N–H and O–H groups in total. The molecule has 0 unspecified atom stereocenters. The molecule has 1 aliphatic heterocycles. The smallest absolute Gasteiger partial charge is 0.141 e. The molecule has 2 heterocycles. The lowest BCUT2D eigenvalue weighted by Gasteiger charge is -2.17. The van der Waals surface area contributed by atoms with Gasteiger partial charge in [-0.2, -0.15) is 5.26 Å². The van der Waals surface area contributed by atoms with Crippen LogP contribution in [0.4, 0.5) is 5.69 Å². The third kappa shape index (κ3) is 4.14. The highest BCUT2D eigenvalue weighted by atomic mass is 16.5. The van der Waals surface area contributed by atoms with Crippen LogP contribution in [0.15, 0.2) is 82.5 Å². The number of furan rings is 1. The number of benzene rings is 2. The largest absolute Gasteiger partial charge is 0.457 e. The molecule has 0 saturated carbocycles. The number of aliphatic hydroxyl groups is 1. The van der Waals surface area contributed by atoms with E-state index in [1.807, 2.05) is 78.7 Å². The molecule has 0 amide bonds. The molecule has 0 aliphatic carbocycles. The number of nitriles is 1. The Morgan fingerprint density at radius 2 is 1.93 bits per heavy atom. The minimum Gasteiger partial charge on any atom is -0.457 e. The molecule has 0 atom stereocenters. The van der Waals surface area contributed by atoms with E-state index in [0.29, 0.717) is 23.6 Å². The number of nitrogens with zero attached hydrogens (tertiary/aromatic N) is 2. The fourth-order valence-electron chi connectivity index (χ4n) is 3.35. The zero-order valence-corrected chi connectivity index (χ0v) is 16.7. The monoisotopic (exact) mass is 398 g/mol. The van der Waals surface area contributed by atoms with E-state index in [1.165, 1.54) is 0 Å². The summed E-state index contributed by atoms with van der Waals surface area (Å²) in [7, 11) is 1.94.